The Bertz CT molecular complexity index is 826. The highest BCUT2D eigenvalue weighted by Gasteiger charge is 2.37. The number of pyridine rings is 1. The topological polar surface area (TPSA) is 42.0 Å². The number of halogens is 2. The van der Waals surface area contributed by atoms with E-state index in [0.29, 0.717) is 23.2 Å². The number of Topliss-reactive ketones (excluding diaryl/α,β-unsaturated/α-hetero) is 1. The largest absolute Gasteiger partial charge is 0.354 e. The van der Waals surface area contributed by atoms with Crippen molar-refractivity contribution in [2.24, 2.45) is 0 Å². The normalized spacial score (nSPS) is 21.5. The minimum Gasteiger partial charge on any atom is -0.354 e. The third-order valence-corrected chi connectivity index (χ3v) is 5.23. The Morgan fingerprint density at radius 3 is 2.38 bits per heavy atom. The van der Waals surface area contributed by atoms with Crippen molar-refractivity contribution in [1.29, 1.82) is 0 Å². The number of hydrogen-bond acceptors (Lipinski definition) is 3. The Labute approximate surface area is 139 Å². The van der Waals surface area contributed by atoms with Crippen LogP contribution in [0.15, 0.2) is 24.4 Å². The number of fused-ring (bicyclic) bond motifs is 2. The molecule has 1 saturated carbocycles. The van der Waals surface area contributed by atoms with E-state index in [-0.39, 0.29) is 5.78 Å². The molecular formula is C19H18F2N2O. The molecule has 1 heterocycles. The molecule has 5 rings (SSSR count). The lowest BCUT2D eigenvalue weighted by molar-refractivity contribution is 0.101. The maximum absolute atomic E-state index is 13.5. The van der Waals surface area contributed by atoms with Crippen molar-refractivity contribution in [3.63, 3.8) is 0 Å². The smallest absolute Gasteiger partial charge is 0.178 e. The first-order chi connectivity index (χ1) is 11.5. The van der Waals surface area contributed by atoms with E-state index in [1.54, 1.807) is 13.1 Å². The fourth-order valence-corrected chi connectivity index (χ4v) is 4.17. The van der Waals surface area contributed by atoms with E-state index in [1.165, 1.54) is 6.07 Å². The Kier molecular flexibility index (Phi) is 3.59. The van der Waals surface area contributed by atoms with Gasteiger partial charge in [-0.25, -0.2) is 8.78 Å². The Hall–Kier alpha value is -2.30. The van der Waals surface area contributed by atoms with Crippen molar-refractivity contribution < 1.29 is 13.6 Å². The Balaban J connectivity index is 1.81. The summed E-state index contributed by atoms with van der Waals surface area (Å²) in [5.74, 6) is -0.990. The van der Waals surface area contributed by atoms with Gasteiger partial charge in [-0.05, 0) is 60.8 Å². The highest BCUT2D eigenvalue weighted by Crippen LogP contribution is 2.52. The summed E-state index contributed by atoms with van der Waals surface area (Å²) in [7, 11) is 0. The molecule has 0 radical (unpaired) electrons. The first kappa shape index (κ1) is 15.2. The molecule has 0 unspecified atom stereocenters. The van der Waals surface area contributed by atoms with Gasteiger partial charge in [0.15, 0.2) is 17.4 Å². The lowest BCUT2D eigenvalue weighted by Gasteiger charge is -2.40. The zero-order valence-corrected chi connectivity index (χ0v) is 13.4. The first-order valence-electron chi connectivity index (χ1n) is 8.30. The number of nitrogens with zero attached hydrogens (tertiary/aromatic N) is 1. The van der Waals surface area contributed by atoms with E-state index >= 15 is 0 Å². The molecule has 2 bridgehead atoms. The van der Waals surface area contributed by atoms with Crippen molar-refractivity contribution >= 4 is 17.2 Å². The first-order valence-corrected chi connectivity index (χ1v) is 8.30. The minimum atomic E-state index is -0.885. The molecule has 1 N–H and O–H groups in total. The number of ketones is 1. The van der Waals surface area contributed by atoms with Crippen molar-refractivity contribution in [2.45, 2.75) is 44.4 Å². The van der Waals surface area contributed by atoms with Gasteiger partial charge in [0.2, 0.25) is 0 Å². The van der Waals surface area contributed by atoms with Gasteiger partial charge in [0.1, 0.15) is 5.69 Å². The Morgan fingerprint density at radius 1 is 1.08 bits per heavy atom. The lowest BCUT2D eigenvalue weighted by atomic mass is 9.66. The number of hydrogen-bond donors (Lipinski definition) is 1. The maximum atomic E-state index is 13.5. The molecule has 3 nitrogen and oxygen atoms in total. The molecule has 0 spiro atoms. The van der Waals surface area contributed by atoms with Crippen molar-refractivity contribution in [1.82, 2.24) is 4.98 Å². The van der Waals surface area contributed by atoms with Crippen LogP contribution in [0.1, 0.15) is 66.1 Å². The minimum absolute atomic E-state index is 0.0156. The van der Waals surface area contributed by atoms with E-state index in [4.69, 9.17) is 0 Å². The molecular weight excluding hydrogens is 310 g/mol. The predicted molar refractivity (Wildman–Crippen MR) is 87.8 cm³/mol. The van der Waals surface area contributed by atoms with Crippen LogP contribution in [0.4, 0.5) is 20.2 Å². The van der Waals surface area contributed by atoms with Crippen molar-refractivity contribution in [3.8, 4) is 0 Å². The molecule has 24 heavy (non-hydrogen) atoms. The molecule has 0 saturated heterocycles. The zero-order valence-electron chi connectivity index (χ0n) is 13.4. The number of rotatable bonds is 3. The number of nitrogens with one attached hydrogen (secondary N) is 1. The standard InChI is InChI=1S/C19H18F2N2O/c1-10(24)19-18-12-4-2-11(3-5-12)17(18)16(9-22-19)23-13-6-7-14(20)15(21)8-13/h6-9,11-12,23H,2-5H2,1H3. The molecule has 1 aromatic carbocycles. The van der Waals surface area contributed by atoms with Crippen LogP contribution in [0.3, 0.4) is 0 Å². The molecule has 1 fully saturated rings. The lowest BCUT2D eigenvalue weighted by Crippen LogP contribution is -2.26. The monoisotopic (exact) mass is 328 g/mol. The zero-order chi connectivity index (χ0) is 16.8. The van der Waals surface area contributed by atoms with Gasteiger partial charge in [-0.1, -0.05) is 0 Å². The van der Waals surface area contributed by atoms with Crippen LogP contribution < -0.4 is 5.32 Å². The quantitative estimate of drug-likeness (QED) is 0.801. The second-order valence-electron chi connectivity index (χ2n) is 6.71. The van der Waals surface area contributed by atoms with Crippen LogP contribution in [-0.2, 0) is 0 Å². The summed E-state index contributed by atoms with van der Waals surface area (Å²) in [6, 6.07) is 3.75. The highest BCUT2D eigenvalue weighted by atomic mass is 19.2. The van der Waals surface area contributed by atoms with Gasteiger partial charge in [-0.15, -0.1) is 0 Å². The second kappa shape index (κ2) is 5.65. The van der Waals surface area contributed by atoms with Gasteiger partial charge < -0.3 is 5.32 Å². The second-order valence-corrected chi connectivity index (χ2v) is 6.71. The summed E-state index contributed by atoms with van der Waals surface area (Å²) < 4.78 is 26.6. The maximum Gasteiger partial charge on any atom is 0.178 e. The van der Waals surface area contributed by atoms with E-state index in [0.717, 1.165) is 54.6 Å². The number of carbonyl (C=O) groups is 1. The molecule has 2 aromatic rings. The van der Waals surface area contributed by atoms with Crippen LogP contribution in [0.2, 0.25) is 0 Å². The van der Waals surface area contributed by atoms with Gasteiger partial charge in [-0.2, -0.15) is 0 Å². The number of anilines is 2. The summed E-state index contributed by atoms with van der Waals surface area (Å²) in [4.78, 5) is 16.3. The van der Waals surface area contributed by atoms with Crippen LogP contribution in [0.5, 0.6) is 0 Å². The predicted octanol–water partition coefficient (Wildman–Crippen LogP) is 5.06. The van der Waals surface area contributed by atoms with Gasteiger partial charge in [0.05, 0.1) is 11.9 Å². The highest BCUT2D eigenvalue weighted by molar-refractivity contribution is 5.95. The average molecular weight is 328 g/mol. The van der Waals surface area contributed by atoms with E-state index in [1.807, 2.05) is 0 Å². The molecule has 3 aliphatic carbocycles. The third-order valence-electron chi connectivity index (χ3n) is 5.23. The number of benzene rings is 1. The van der Waals surface area contributed by atoms with Crippen LogP contribution >= 0.6 is 0 Å². The molecule has 0 aliphatic heterocycles. The molecule has 3 aliphatic rings. The molecule has 1 aromatic heterocycles. The van der Waals surface area contributed by atoms with Gasteiger partial charge in [0, 0.05) is 18.7 Å². The van der Waals surface area contributed by atoms with Crippen LogP contribution in [-0.4, -0.2) is 10.8 Å². The molecule has 124 valence electrons. The summed E-state index contributed by atoms with van der Waals surface area (Å²) in [6.07, 6.45) is 6.04. The molecule has 0 amide bonds. The summed E-state index contributed by atoms with van der Waals surface area (Å²) in [5.41, 5.74) is 4.06. The number of carbonyl (C=O) groups excluding carboxylic acids is 1. The summed E-state index contributed by atoms with van der Waals surface area (Å²) in [6.45, 7) is 1.55. The Morgan fingerprint density at radius 2 is 1.75 bits per heavy atom. The van der Waals surface area contributed by atoms with Gasteiger partial charge >= 0.3 is 0 Å². The van der Waals surface area contributed by atoms with Gasteiger partial charge in [0.25, 0.3) is 0 Å². The summed E-state index contributed by atoms with van der Waals surface area (Å²) in [5, 5.41) is 3.17. The van der Waals surface area contributed by atoms with E-state index in [2.05, 4.69) is 10.3 Å². The molecule has 5 heteroatoms. The average Bonchev–Trinajstić information content (AvgIpc) is 2.59. The van der Waals surface area contributed by atoms with Crippen molar-refractivity contribution in [3.05, 3.63) is 52.9 Å². The fourth-order valence-electron chi connectivity index (χ4n) is 4.17. The SMILES string of the molecule is CC(=O)c1ncc(Nc2ccc(F)c(F)c2)c2c1C1CCC2CC1. The third kappa shape index (κ3) is 2.39. The van der Waals surface area contributed by atoms with E-state index in [9.17, 15) is 13.6 Å². The molecule has 0 atom stereocenters. The van der Waals surface area contributed by atoms with Crippen LogP contribution in [0.25, 0.3) is 0 Å². The van der Waals surface area contributed by atoms with E-state index < -0.39 is 11.6 Å². The number of aromatic nitrogens is 1. The van der Waals surface area contributed by atoms with Gasteiger partial charge in [-0.3, -0.25) is 9.78 Å². The summed E-state index contributed by atoms with van der Waals surface area (Å²) >= 11 is 0. The van der Waals surface area contributed by atoms with Crippen molar-refractivity contribution in [2.75, 3.05) is 5.32 Å². The van der Waals surface area contributed by atoms with Crippen LogP contribution in [0, 0.1) is 11.6 Å². The fraction of sp³-hybridized carbons (Fsp3) is 0.368.